The maximum atomic E-state index is 5.61. The van der Waals surface area contributed by atoms with E-state index in [1.54, 1.807) is 22.8 Å². The summed E-state index contributed by atoms with van der Waals surface area (Å²) in [6.07, 6.45) is 6.14. The highest BCUT2D eigenvalue weighted by Gasteiger charge is 2.17. The van der Waals surface area contributed by atoms with E-state index in [1.165, 1.54) is 6.42 Å². The van der Waals surface area contributed by atoms with Crippen molar-refractivity contribution in [3.8, 4) is 0 Å². The number of thioether (sulfide) groups is 1. The second-order valence-corrected chi connectivity index (χ2v) is 5.14. The molecule has 0 radical (unpaired) electrons. The molecule has 2 aromatic rings. The van der Waals surface area contributed by atoms with Gasteiger partial charge in [0.1, 0.15) is 11.4 Å². The molecule has 0 bridgehead atoms. The minimum Gasteiger partial charge on any atom is -0.377 e. The summed E-state index contributed by atoms with van der Waals surface area (Å²) in [5, 5.41) is 6.23. The zero-order valence-electron chi connectivity index (χ0n) is 9.67. The van der Waals surface area contributed by atoms with Gasteiger partial charge in [0.2, 0.25) is 0 Å². The van der Waals surface area contributed by atoms with Crippen LogP contribution >= 0.6 is 11.8 Å². The maximum absolute atomic E-state index is 5.61. The van der Waals surface area contributed by atoms with Crippen LogP contribution in [0, 0.1) is 0 Å². The van der Waals surface area contributed by atoms with E-state index in [0.29, 0.717) is 6.10 Å². The Morgan fingerprint density at radius 3 is 3.29 bits per heavy atom. The van der Waals surface area contributed by atoms with Crippen LogP contribution in [-0.4, -0.2) is 38.2 Å². The van der Waals surface area contributed by atoms with E-state index >= 15 is 0 Å². The number of rotatable bonds is 3. The van der Waals surface area contributed by atoms with Gasteiger partial charge in [0.05, 0.1) is 17.7 Å². The number of hydrogen-bond donors (Lipinski definition) is 0. The standard InChI is InChI=1S/C11H14N4OS/c1-15-10-9(5-14-15)11(13-7-12-10)17-6-8-3-2-4-16-8/h5,7-8H,2-4,6H2,1H3/t8-/m0/s1. The van der Waals surface area contributed by atoms with E-state index in [1.807, 2.05) is 13.2 Å². The van der Waals surface area contributed by atoms with Crippen LogP contribution in [0.1, 0.15) is 12.8 Å². The first-order valence-corrected chi connectivity index (χ1v) is 6.70. The van der Waals surface area contributed by atoms with Crippen molar-refractivity contribution >= 4 is 22.8 Å². The van der Waals surface area contributed by atoms with E-state index in [9.17, 15) is 0 Å². The summed E-state index contributed by atoms with van der Waals surface area (Å²) in [5.74, 6) is 0.959. The summed E-state index contributed by atoms with van der Waals surface area (Å²) in [7, 11) is 1.89. The molecule has 1 aliphatic rings. The van der Waals surface area contributed by atoms with Crippen molar-refractivity contribution in [3.63, 3.8) is 0 Å². The molecule has 1 aliphatic heterocycles. The van der Waals surface area contributed by atoms with Crippen LogP contribution in [-0.2, 0) is 11.8 Å². The molecule has 3 heterocycles. The van der Waals surface area contributed by atoms with Crippen molar-refractivity contribution < 1.29 is 4.74 Å². The van der Waals surface area contributed by atoms with Gasteiger partial charge in [-0.25, -0.2) is 9.97 Å². The molecular formula is C11H14N4OS. The van der Waals surface area contributed by atoms with Crippen molar-refractivity contribution in [3.05, 3.63) is 12.5 Å². The van der Waals surface area contributed by atoms with Crippen molar-refractivity contribution in [1.29, 1.82) is 0 Å². The predicted molar refractivity (Wildman–Crippen MR) is 66.0 cm³/mol. The fourth-order valence-electron chi connectivity index (χ4n) is 2.00. The molecule has 1 saturated heterocycles. The van der Waals surface area contributed by atoms with Gasteiger partial charge in [-0.3, -0.25) is 4.68 Å². The zero-order chi connectivity index (χ0) is 11.7. The third kappa shape index (κ3) is 2.14. The largest absolute Gasteiger partial charge is 0.377 e. The second kappa shape index (κ2) is 4.62. The molecule has 0 unspecified atom stereocenters. The fourth-order valence-corrected chi connectivity index (χ4v) is 3.03. The Morgan fingerprint density at radius 1 is 1.53 bits per heavy atom. The van der Waals surface area contributed by atoms with Gasteiger partial charge < -0.3 is 4.74 Å². The van der Waals surface area contributed by atoms with Crippen LogP contribution in [0.5, 0.6) is 0 Å². The fraction of sp³-hybridized carbons (Fsp3) is 0.545. The molecule has 0 spiro atoms. The summed E-state index contributed by atoms with van der Waals surface area (Å²) in [5.41, 5.74) is 0.884. The van der Waals surface area contributed by atoms with Gasteiger partial charge in [0, 0.05) is 19.4 Å². The highest BCUT2D eigenvalue weighted by atomic mass is 32.2. The van der Waals surface area contributed by atoms with Gasteiger partial charge in [-0.2, -0.15) is 5.10 Å². The molecule has 0 N–H and O–H groups in total. The third-order valence-electron chi connectivity index (χ3n) is 2.92. The summed E-state index contributed by atoms with van der Waals surface area (Å²) >= 11 is 1.73. The topological polar surface area (TPSA) is 52.8 Å². The molecule has 3 rings (SSSR count). The van der Waals surface area contributed by atoms with E-state index < -0.39 is 0 Å². The van der Waals surface area contributed by atoms with Gasteiger partial charge in [-0.15, -0.1) is 11.8 Å². The van der Waals surface area contributed by atoms with E-state index in [4.69, 9.17) is 4.74 Å². The molecule has 0 aliphatic carbocycles. The lowest BCUT2D eigenvalue weighted by Crippen LogP contribution is -2.08. The number of aromatic nitrogens is 4. The minimum atomic E-state index is 0.377. The van der Waals surface area contributed by atoms with Gasteiger partial charge in [0.25, 0.3) is 0 Å². The highest BCUT2D eigenvalue weighted by molar-refractivity contribution is 7.99. The normalized spacial score (nSPS) is 20.2. The number of aryl methyl sites for hydroxylation is 1. The van der Waals surface area contributed by atoms with Crippen LogP contribution in [0.4, 0.5) is 0 Å². The van der Waals surface area contributed by atoms with Crippen molar-refractivity contribution in [2.45, 2.75) is 24.0 Å². The second-order valence-electron chi connectivity index (χ2n) is 4.13. The van der Waals surface area contributed by atoms with Crippen molar-refractivity contribution in [2.24, 2.45) is 7.05 Å². The molecule has 17 heavy (non-hydrogen) atoms. The van der Waals surface area contributed by atoms with Gasteiger partial charge >= 0.3 is 0 Å². The first kappa shape index (κ1) is 11.0. The first-order chi connectivity index (χ1) is 8.34. The van der Waals surface area contributed by atoms with Crippen LogP contribution in [0.2, 0.25) is 0 Å². The molecule has 0 aromatic carbocycles. The Labute approximate surface area is 104 Å². The Balaban J connectivity index is 1.79. The lowest BCUT2D eigenvalue weighted by Gasteiger charge is -2.08. The summed E-state index contributed by atoms with van der Waals surface area (Å²) in [6.45, 7) is 0.900. The Hall–Kier alpha value is -1.14. The number of fused-ring (bicyclic) bond motifs is 1. The van der Waals surface area contributed by atoms with Gasteiger partial charge in [-0.1, -0.05) is 0 Å². The molecule has 1 fully saturated rings. The summed E-state index contributed by atoms with van der Waals surface area (Å²) < 4.78 is 7.38. The average molecular weight is 250 g/mol. The smallest absolute Gasteiger partial charge is 0.162 e. The highest BCUT2D eigenvalue weighted by Crippen LogP contribution is 2.27. The molecule has 5 nitrogen and oxygen atoms in total. The van der Waals surface area contributed by atoms with Crippen molar-refractivity contribution in [2.75, 3.05) is 12.4 Å². The molecular weight excluding hydrogens is 236 g/mol. The number of ether oxygens (including phenoxy) is 1. The molecule has 90 valence electrons. The maximum Gasteiger partial charge on any atom is 0.162 e. The van der Waals surface area contributed by atoms with Gasteiger partial charge in [-0.05, 0) is 12.8 Å². The quantitative estimate of drug-likeness (QED) is 0.612. The molecule has 0 saturated carbocycles. The first-order valence-electron chi connectivity index (χ1n) is 5.71. The van der Waals surface area contributed by atoms with E-state index in [0.717, 1.165) is 34.8 Å². The lowest BCUT2D eigenvalue weighted by atomic mass is 10.3. The lowest BCUT2D eigenvalue weighted by molar-refractivity contribution is 0.129. The van der Waals surface area contributed by atoms with E-state index in [2.05, 4.69) is 15.1 Å². The Bertz CT molecular complexity index is 521. The SMILES string of the molecule is Cn1ncc2c(SC[C@@H]3CCCO3)ncnc21. The molecule has 6 heteroatoms. The van der Waals surface area contributed by atoms with Crippen molar-refractivity contribution in [1.82, 2.24) is 19.7 Å². The summed E-state index contributed by atoms with van der Waals surface area (Å²) in [4.78, 5) is 8.55. The zero-order valence-corrected chi connectivity index (χ0v) is 10.5. The number of hydrogen-bond acceptors (Lipinski definition) is 5. The van der Waals surface area contributed by atoms with Gasteiger partial charge in [0.15, 0.2) is 5.65 Å². The molecule has 2 aromatic heterocycles. The van der Waals surface area contributed by atoms with Crippen LogP contribution in [0.3, 0.4) is 0 Å². The monoisotopic (exact) mass is 250 g/mol. The Kier molecular flexibility index (Phi) is 2.98. The van der Waals surface area contributed by atoms with Crippen LogP contribution in [0.25, 0.3) is 11.0 Å². The molecule has 0 amide bonds. The predicted octanol–water partition coefficient (Wildman–Crippen LogP) is 1.63. The Morgan fingerprint density at radius 2 is 2.47 bits per heavy atom. The number of nitrogens with zero attached hydrogens (tertiary/aromatic N) is 4. The van der Waals surface area contributed by atoms with Crippen LogP contribution < -0.4 is 0 Å². The summed E-state index contributed by atoms with van der Waals surface area (Å²) in [6, 6.07) is 0. The average Bonchev–Trinajstić information content (AvgIpc) is 2.97. The minimum absolute atomic E-state index is 0.377. The third-order valence-corrected chi connectivity index (χ3v) is 4.06. The van der Waals surface area contributed by atoms with Crippen LogP contribution in [0.15, 0.2) is 17.6 Å². The molecule has 1 atom stereocenters. The van der Waals surface area contributed by atoms with E-state index in [-0.39, 0.29) is 0 Å².